The van der Waals surface area contributed by atoms with Gasteiger partial charge in [-0.2, -0.15) is 0 Å². The van der Waals surface area contributed by atoms with E-state index in [1.165, 1.54) is 0 Å². The van der Waals surface area contributed by atoms with E-state index in [-0.39, 0.29) is 11.9 Å². The van der Waals surface area contributed by atoms with Gasteiger partial charge in [0, 0.05) is 60.9 Å². The molecule has 5 aromatic rings. The standard InChI is InChI=1S/C39H40Cl2N6O5/c1-51-38-24(21-42-22-25-15-17-34(48)44-25)14-16-29(45-38)28-9-4-7-26(35(28)40)27-8-5-12-32(36(27)41)52-33-13-6-11-30-37(33)43-23-47(30)20-19-46-18-3-2-10-31(46)39(49)50/h4-9,11-14,16,23,25,31,42H,2-3,10,15,17-22H2,1H3,(H,44,48)(H,49,50)/t25-,31?/m0/s1. The number of nitrogens with zero attached hydrogens (tertiary/aromatic N) is 4. The first-order chi connectivity index (χ1) is 25.3. The van der Waals surface area contributed by atoms with E-state index in [0.29, 0.717) is 83.2 Å². The van der Waals surface area contributed by atoms with E-state index in [1.807, 2.05) is 76.2 Å². The van der Waals surface area contributed by atoms with Crippen LogP contribution in [0.3, 0.4) is 0 Å². The molecule has 13 heteroatoms. The van der Waals surface area contributed by atoms with Crippen molar-refractivity contribution in [2.24, 2.45) is 0 Å². The highest BCUT2D eigenvalue weighted by atomic mass is 35.5. The molecular formula is C39H40Cl2N6O5. The Balaban J connectivity index is 1.09. The molecule has 1 unspecified atom stereocenters. The quantitative estimate of drug-likeness (QED) is 0.115. The molecule has 4 heterocycles. The number of benzene rings is 3. The average molecular weight is 744 g/mol. The molecule has 2 fully saturated rings. The van der Waals surface area contributed by atoms with E-state index in [1.54, 1.807) is 13.4 Å². The van der Waals surface area contributed by atoms with Crippen LogP contribution < -0.4 is 20.1 Å². The molecule has 270 valence electrons. The van der Waals surface area contributed by atoms with Gasteiger partial charge in [-0.25, -0.2) is 9.97 Å². The first-order valence-electron chi connectivity index (χ1n) is 17.5. The lowest BCUT2D eigenvalue weighted by Crippen LogP contribution is -2.45. The number of halogens is 2. The Morgan fingerprint density at radius 2 is 1.73 bits per heavy atom. The van der Waals surface area contributed by atoms with Crippen LogP contribution in [0.1, 0.15) is 37.7 Å². The second-order valence-electron chi connectivity index (χ2n) is 13.1. The Hall–Kier alpha value is -4.68. The number of para-hydroxylation sites is 1. The lowest BCUT2D eigenvalue weighted by atomic mass is 10.0. The molecule has 2 aliphatic heterocycles. The number of nitrogens with one attached hydrogen (secondary N) is 2. The summed E-state index contributed by atoms with van der Waals surface area (Å²) in [7, 11) is 1.59. The Morgan fingerprint density at radius 1 is 0.962 bits per heavy atom. The SMILES string of the molecule is COc1nc(-c2cccc(-c3cccc(Oc4cccc5c4ncn5CCN4CCCCC4C(=O)O)c3Cl)c2Cl)ccc1CNC[C@@H]1CCC(=O)N1. The summed E-state index contributed by atoms with van der Waals surface area (Å²) in [5, 5.41) is 16.9. The molecule has 0 bridgehead atoms. The minimum atomic E-state index is -0.762. The maximum atomic E-state index is 11.8. The number of aliphatic carboxylic acids is 1. The molecule has 2 atom stereocenters. The van der Waals surface area contributed by atoms with Crippen LogP contribution in [0.5, 0.6) is 17.4 Å². The largest absolute Gasteiger partial charge is 0.481 e. The van der Waals surface area contributed by atoms with Crippen LogP contribution in [0.4, 0.5) is 0 Å². The van der Waals surface area contributed by atoms with Crippen molar-refractivity contribution in [1.29, 1.82) is 0 Å². The van der Waals surface area contributed by atoms with Gasteiger partial charge >= 0.3 is 5.97 Å². The average Bonchev–Trinajstić information content (AvgIpc) is 3.78. The number of pyridine rings is 1. The van der Waals surface area contributed by atoms with E-state index < -0.39 is 12.0 Å². The lowest BCUT2D eigenvalue weighted by Gasteiger charge is -2.32. The Morgan fingerprint density at radius 3 is 2.52 bits per heavy atom. The highest BCUT2D eigenvalue weighted by Gasteiger charge is 2.28. The number of ether oxygens (including phenoxy) is 2. The van der Waals surface area contributed by atoms with Gasteiger partial charge in [-0.3, -0.25) is 14.5 Å². The molecule has 2 saturated heterocycles. The summed E-state index contributed by atoms with van der Waals surface area (Å²) in [5.41, 5.74) is 5.26. The van der Waals surface area contributed by atoms with Gasteiger partial charge in [0.05, 0.1) is 34.7 Å². The monoisotopic (exact) mass is 742 g/mol. The third-order valence-electron chi connectivity index (χ3n) is 9.81. The first-order valence-corrected chi connectivity index (χ1v) is 18.3. The molecule has 0 radical (unpaired) electrons. The zero-order valence-corrected chi connectivity index (χ0v) is 30.3. The summed E-state index contributed by atoms with van der Waals surface area (Å²) in [6.45, 7) is 3.21. The topological polar surface area (TPSA) is 131 Å². The van der Waals surface area contributed by atoms with Gasteiger partial charge in [-0.05, 0) is 50.1 Å². The lowest BCUT2D eigenvalue weighted by molar-refractivity contribution is -0.144. The van der Waals surface area contributed by atoms with Crippen molar-refractivity contribution >= 4 is 46.1 Å². The summed E-state index contributed by atoms with van der Waals surface area (Å²) in [6.07, 6.45) is 5.78. The van der Waals surface area contributed by atoms with Crippen LogP contribution in [0, 0.1) is 0 Å². The summed E-state index contributed by atoms with van der Waals surface area (Å²) >= 11 is 14.1. The second kappa shape index (κ2) is 15.9. The molecular weight excluding hydrogens is 703 g/mol. The Kier molecular flexibility index (Phi) is 10.9. The fourth-order valence-corrected chi connectivity index (χ4v) is 7.68. The first kappa shape index (κ1) is 35.7. The van der Waals surface area contributed by atoms with Crippen molar-refractivity contribution in [1.82, 2.24) is 30.1 Å². The highest BCUT2D eigenvalue weighted by Crippen LogP contribution is 2.43. The Bertz CT molecular complexity index is 2110. The minimum absolute atomic E-state index is 0.0929. The van der Waals surface area contributed by atoms with Crippen LogP contribution >= 0.6 is 23.2 Å². The molecule has 0 saturated carbocycles. The number of imidazole rings is 1. The van der Waals surface area contributed by atoms with Gasteiger partial charge in [0.1, 0.15) is 17.3 Å². The van der Waals surface area contributed by atoms with Crippen molar-refractivity contribution in [2.45, 2.75) is 57.3 Å². The van der Waals surface area contributed by atoms with E-state index in [9.17, 15) is 14.7 Å². The van der Waals surface area contributed by atoms with Gasteiger partial charge in [0.15, 0.2) is 5.75 Å². The molecule has 2 aliphatic rings. The number of amides is 1. The number of carboxylic acids is 1. The van der Waals surface area contributed by atoms with Crippen LogP contribution in [0.2, 0.25) is 10.0 Å². The molecule has 2 aromatic heterocycles. The van der Waals surface area contributed by atoms with Crippen LogP contribution in [-0.2, 0) is 22.7 Å². The zero-order valence-electron chi connectivity index (χ0n) is 28.8. The molecule has 3 N–H and O–H groups in total. The number of methoxy groups -OCH3 is 1. The molecule has 3 aromatic carbocycles. The number of hydrogen-bond donors (Lipinski definition) is 3. The number of aromatic nitrogens is 3. The van der Waals surface area contributed by atoms with E-state index in [2.05, 4.69) is 15.6 Å². The Labute approximate surface area is 311 Å². The molecule has 7 rings (SSSR count). The zero-order chi connectivity index (χ0) is 36.2. The van der Waals surface area contributed by atoms with Gasteiger partial charge < -0.3 is 29.8 Å². The molecule has 52 heavy (non-hydrogen) atoms. The third-order valence-corrected chi connectivity index (χ3v) is 10.6. The van der Waals surface area contributed by atoms with E-state index >= 15 is 0 Å². The van der Waals surface area contributed by atoms with Crippen molar-refractivity contribution in [3.63, 3.8) is 0 Å². The second-order valence-corrected chi connectivity index (χ2v) is 13.9. The normalized spacial score (nSPS) is 17.7. The molecule has 0 spiro atoms. The highest BCUT2D eigenvalue weighted by molar-refractivity contribution is 6.38. The van der Waals surface area contributed by atoms with Gasteiger partial charge in [0.25, 0.3) is 0 Å². The molecule has 1 amide bonds. The molecule has 11 nitrogen and oxygen atoms in total. The minimum Gasteiger partial charge on any atom is -0.481 e. The maximum absolute atomic E-state index is 11.8. The molecule has 0 aliphatic carbocycles. The number of rotatable bonds is 13. The van der Waals surface area contributed by atoms with Crippen LogP contribution in [-0.4, -0.2) is 75.2 Å². The van der Waals surface area contributed by atoms with Gasteiger partial charge in [0.2, 0.25) is 11.8 Å². The number of piperidine rings is 1. The van der Waals surface area contributed by atoms with Crippen LogP contribution in [0.25, 0.3) is 33.4 Å². The van der Waals surface area contributed by atoms with E-state index in [0.717, 1.165) is 48.0 Å². The smallest absolute Gasteiger partial charge is 0.320 e. The van der Waals surface area contributed by atoms with Crippen molar-refractivity contribution < 1.29 is 24.2 Å². The number of likely N-dealkylation sites (tertiary alicyclic amines) is 1. The summed E-state index contributed by atoms with van der Waals surface area (Å²) in [6, 6.07) is 20.6. The summed E-state index contributed by atoms with van der Waals surface area (Å²) < 4.78 is 14.1. The van der Waals surface area contributed by atoms with Crippen molar-refractivity contribution in [3.05, 3.63) is 88.7 Å². The predicted octanol–water partition coefficient (Wildman–Crippen LogP) is 7.18. The predicted molar refractivity (Wildman–Crippen MR) is 201 cm³/mol. The van der Waals surface area contributed by atoms with E-state index in [4.69, 9.17) is 37.7 Å². The number of fused-ring (bicyclic) bond motifs is 1. The maximum Gasteiger partial charge on any atom is 0.320 e. The van der Waals surface area contributed by atoms with Gasteiger partial charge in [-0.15, -0.1) is 0 Å². The van der Waals surface area contributed by atoms with Crippen molar-refractivity contribution in [3.8, 4) is 39.8 Å². The summed E-state index contributed by atoms with van der Waals surface area (Å²) in [5.74, 6) is 0.823. The third kappa shape index (κ3) is 7.59. The fourth-order valence-electron chi connectivity index (χ4n) is 7.09. The fraction of sp³-hybridized carbons (Fsp3) is 0.333. The summed E-state index contributed by atoms with van der Waals surface area (Å²) in [4.78, 5) is 34.8. The van der Waals surface area contributed by atoms with Crippen molar-refractivity contribution in [2.75, 3.05) is 26.7 Å². The number of carbonyl (C=O) groups excluding carboxylic acids is 1. The van der Waals surface area contributed by atoms with Gasteiger partial charge in [-0.1, -0.05) is 72.1 Å². The number of hydrogen-bond acceptors (Lipinski definition) is 8. The van der Waals surface area contributed by atoms with Crippen LogP contribution in [0.15, 0.2) is 73.1 Å². The number of carboxylic acid groups (broad SMARTS) is 1. The number of carbonyl (C=O) groups is 2.